The number of nitrogens with zero attached hydrogens (tertiary/aromatic N) is 1. The first kappa shape index (κ1) is 10.2. The molecule has 1 aromatic carbocycles. The summed E-state index contributed by atoms with van der Waals surface area (Å²) < 4.78 is 12.5. The molecule has 14 heavy (non-hydrogen) atoms. The van der Waals surface area contributed by atoms with Gasteiger partial charge in [0, 0.05) is 0 Å². The molecular weight excluding hydrogens is 185 g/mol. The molecule has 1 rings (SSSR count). The summed E-state index contributed by atoms with van der Waals surface area (Å²) in [6.45, 7) is 1.28. The van der Waals surface area contributed by atoms with E-state index in [1.165, 1.54) is 19.1 Å². The summed E-state index contributed by atoms with van der Waals surface area (Å²) >= 11 is 0. The first-order valence-corrected chi connectivity index (χ1v) is 3.91. The SMILES string of the molecule is CC(C#N)(C(=O)O)c1ccc(F)cc1. The van der Waals surface area contributed by atoms with Gasteiger partial charge in [-0.3, -0.25) is 4.79 Å². The number of carboxylic acid groups (broad SMARTS) is 1. The zero-order valence-corrected chi connectivity index (χ0v) is 7.49. The van der Waals surface area contributed by atoms with E-state index in [-0.39, 0.29) is 5.56 Å². The van der Waals surface area contributed by atoms with Gasteiger partial charge in [0.25, 0.3) is 0 Å². The van der Waals surface area contributed by atoms with E-state index in [0.717, 1.165) is 12.1 Å². The van der Waals surface area contributed by atoms with Crippen LogP contribution >= 0.6 is 0 Å². The maximum absolute atomic E-state index is 12.5. The molecule has 0 aromatic heterocycles. The molecule has 0 saturated heterocycles. The van der Waals surface area contributed by atoms with Crippen LogP contribution in [0.5, 0.6) is 0 Å². The van der Waals surface area contributed by atoms with Crippen LogP contribution in [0.3, 0.4) is 0 Å². The minimum absolute atomic E-state index is 0.272. The molecule has 1 unspecified atom stereocenters. The van der Waals surface area contributed by atoms with E-state index in [4.69, 9.17) is 10.4 Å². The van der Waals surface area contributed by atoms with Crippen molar-refractivity contribution in [2.45, 2.75) is 12.3 Å². The van der Waals surface area contributed by atoms with Crippen molar-refractivity contribution in [3.05, 3.63) is 35.6 Å². The van der Waals surface area contributed by atoms with Crippen molar-refractivity contribution in [1.82, 2.24) is 0 Å². The third-order valence-corrected chi connectivity index (χ3v) is 2.07. The summed E-state index contributed by atoms with van der Waals surface area (Å²) in [7, 11) is 0. The summed E-state index contributed by atoms with van der Waals surface area (Å²) in [5, 5.41) is 17.6. The minimum atomic E-state index is -1.62. The monoisotopic (exact) mass is 193 g/mol. The van der Waals surface area contributed by atoms with Crippen LogP contribution < -0.4 is 0 Å². The Kier molecular flexibility index (Phi) is 2.52. The lowest BCUT2D eigenvalue weighted by atomic mass is 9.84. The van der Waals surface area contributed by atoms with Crippen molar-refractivity contribution in [1.29, 1.82) is 5.26 Å². The molecule has 0 aliphatic rings. The molecule has 0 aliphatic heterocycles. The van der Waals surface area contributed by atoms with Gasteiger partial charge in [0.05, 0.1) is 6.07 Å². The summed E-state index contributed by atoms with van der Waals surface area (Å²) in [4.78, 5) is 10.8. The molecule has 1 atom stereocenters. The second kappa shape index (κ2) is 3.46. The van der Waals surface area contributed by atoms with Crippen molar-refractivity contribution >= 4 is 5.97 Å². The number of hydrogen-bond donors (Lipinski definition) is 1. The molecule has 1 N–H and O–H groups in total. The summed E-state index contributed by atoms with van der Waals surface area (Å²) in [5.41, 5.74) is -1.35. The molecule has 3 nitrogen and oxygen atoms in total. The van der Waals surface area contributed by atoms with Gasteiger partial charge in [-0.1, -0.05) is 12.1 Å². The van der Waals surface area contributed by atoms with Gasteiger partial charge in [-0.15, -0.1) is 0 Å². The molecule has 4 heteroatoms. The Labute approximate surface area is 80.4 Å². The number of carbonyl (C=O) groups is 1. The van der Waals surface area contributed by atoms with Crippen LogP contribution in [0.4, 0.5) is 4.39 Å². The fourth-order valence-corrected chi connectivity index (χ4v) is 1.02. The average Bonchev–Trinajstić information content (AvgIpc) is 2.17. The highest BCUT2D eigenvalue weighted by atomic mass is 19.1. The number of carboxylic acids is 1. The largest absolute Gasteiger partial charge is 0.480 e. The Balaban J connectivity index is 3.22. The van der Waals surface area contributed by atoms with Crippen LogP contribution in [0.15, 0.2) is 24.3 Å². The predicted octanol–water partition coefficient (Wildman–Crippen LogP) is 1.69. The van der Waals surface area contributed by atoms with E-state index in [1.54, 1.807) is 6.07 Å². The normalized spacial score (nSPS) is 14.1. The molecule has 1 aromatic rings. The van der Waals surface area contributed by atoms with Crippen molar-refractivity contribution in [3.8, 4) is 6.07 Å². The summed E-state index contributed by atoms with van der Waals surface area (Å²) in [5.74, 6) is -1.70. The van der Waals surface area contributed by atoms with E-state index >= 15 is 0 Å². The Morgan fingerprint density at radius 3 is 2.36 bits per heavy atom. The lowest BCUT2D eigenvalue weighted by Gasteiger charge is -2.15. The zero-order valence-electron chi connectivity index (χ0n) is 7.49. The summed E-state index contributed by atoms with van der Waals surface area (Å²) in [6, 6.07) is 6.55. The molecule has 72 valence electrons. The van der Waals surface area contributed by atoms with Crippen molar-refractivity contribution in [2.75, 3.05) is 0 Å². The molecule has 0 radical (unpaired) electrons. The quantitative estimate of drug-likeness (QED) is 0.777. The van der Waals surface area contributed by atoms with Crippen LogP contribution in [0, 0.1) is 17.1 Å². The van der Waals surface area contributed by atoms with Crippen LogP contribution in [0.1, 0.15) is 12.5 Å². The van der Waals surface area contributed by atoms with Gasteiger partial charge in [-0.25, -0.2) is 4.39 Å². The van der Waals surface area contributed by atoms with E-state index in [9.17, 15) is 9.18 Å². The number of halogens is 1. The van der Waals surface area contributed by atoms with Gasteiger partial charge < -0.3 is 5.11 Å². The molecule has 0 amide bonds. The van der Waals surface area contributed by atoms with Crippen LogP contribution in [-0.2, 0) is 10.2 Å². The van der Waals surface area contributed by atoms with E-state index < -0.39 is 17.2 Å². The fraction of sp³-hybridized carbons (Fsp3) is 0.200. The van der Waals surface area contributed by atoms with E-state index in [0.29, 0.717) is 0 Å². The molecule has 0 saturated carbocycles. The number of aliphatic carboxylic acids is 1. The van der Waals surface area contributed by atoms with Crippen LogP contribution in [0.25, 0.3) is 0 Å². The van der Waals surface area contributed by atoms with Gasteiger partial charge in [0.2, 0.25) is 0 Å². The topological polar surface area (TPSA) is 61.1 Å². The van der Waals surface area contributed by atoms with Crippen LogP contribution in [0.2, 0.25) is 0 Å². The van der Waals surface area contributed by atoms with E-state index in [2.05, 4.69) is 0 Å². The number of benzene rings is 1. The van der Waals surface area contributed by atoms with Crippen molar-refractivity contribution in [2.24, 2.45) is 0 Å². The molecule has 0 heterocycles. The molecular formula is C10H8FNO2. The van der Waals surface area contributed by atoms with Gasteiger partial charge >= 0.3 is 5.97 Å². The molecule has 0 bridgehead atoms. The zero-order chi connectivity index (χ0) is 10.8. The van der Waals surface area contributed by atoms with Gasteiger partial charge in [0.1, 0.15) is 5.82 Å². The number of nitriles is 1. The average molecular weight is 193 g/mol. The highest BCUT2D eigenvalue weighted by molar-refractivity contribution is 5.84. The highest BCUT2D eigenvalue weighted by Gasteiger charge is 2.35. The third-order valence-electron chi connectivity index (χ3n) is 2.07. The Bertz CT molecular complexity index is 394. The van der Waals surface area contributed by atoms with E-state index in [1.807, 2.05) is 0 Å². The first-order valence-electron chi connectivity index (χ1n) is 3.91. The van der Waals surface area contributed by atoms with Crippen molar-refractivity contribution < 1.29 is 14.3 Å². The Morgan fingerprint density at radius 1 is 1.50 bits per heavy atom. The van der Waals surface area contributed by atoms with Crippen molar-refractivity contribution in [3.63, 3.8) is 0 Å². The lowest BCUT2D eigenvalue weighted by Crippen LogP contribution is -2.30. The Hall–Kier alpha value is -1.89. The third kappa shape index (κ3) is 1.57. The Morgan fingerprint density at radius 2 is 2.00 bits per heavy atom. The second-order valence-corrected chi connectivity index (χ2v) is 3.05. The smallest absolute Gasteiger partial charge is 0.328 e. The van der Waals surface area contributed by atoms with Gasteiger partial charge in [-0.2, -0.15) is 5.26 Å². The van der Waals surface area contributed by atoms with Gasteiger partial charge in [0.15, 0.2) is 5.41 Å². The molecule has 0 spiro atoms. The second-order valence-electron chi connectivity index (χ2n) is 3.05. The summed E-state index contributed by atoms with van der Waals surface area (Å²) in [6.07, 6.45) is 0. The minimum Gasteiger partial charge on any atom is -0.480 e. The maximum atomic E-state index is 12.5. The van der Waals surface area contributed by atoms with Crippen LogP contribution in [-0.4, -0.2) is 11.1 Å². The standard InChI is InChI=1S/C10H8FNO2/c1-10(6-12,9(13)14)7-2-4-8(11)5-3-7/h2-5H,1H3,(H,13,14). The fourth-order valence-electron chi connectivity index (χ4n) is 1.02. The first-order chi connectivity index (χ1) is 6.50. The molecule has 0 aliphatic carbocycles. The number of rotatable bonds is 2. The predicted molar refractivity (Wildman–Crippen MR) is 47.0 cm³/mol. The number of hydrogen-bond acceptors (Lipinski definition) is 2. The van der Waals surface area contributed by atoms with Gasteiger partial charge in [-0.05, 0) is 24.6 Å². The maximum Gasteiger partial charge on any atom is 0.328 e. The lowest BCUT2D eigenvalue weighted by molar-refractivity contribution is -0.141. The molecule has 0 fully saturated rings. The highest BCUT2D eigenvalue weighted by Crippen LogP contribution is 2.23.